The number of hydrogen-bond acceptors (Lipinski definition) is 2. The lowest BCUT2D eigenvalue weighted by Crippen LogP contribution is -2.20. The molecule has 1 unspecified atom stereocenters. The van der Waals surface area contributed by atoms with Gasteiger partial charge in [0.25, 0.3) is 0 Å². The molecule has 1 N–H and O–H groups in total. The molecular weight excluding hydrogens is 219 g/mol. The highest BCUT2D eigenvalue weighted by Gasteiger charge is 2.30. The van der Waals surface area contributed by atoms with E-state index in [0.29, 0.717) is 6.54 Å². The number of benzene rings is 1. The first-order chi connectivity index (χ1) is 7.30. The number of aliphatic hydroxyl groups excluding tert-OH is 1. The Kier molecular flexibility index (Phi) is 3.93. The molecule has 0 radical (unpaired) electrons. The Labute approximate surface area is 92.3 Å². The van der Waals surface area contributed by atoms with E-state index >= 15 is 0 Å². The molecule has 0 aliphatic carbocycles. The van der Waals surface area contributed by atoms with Gasteiger partial charge in [0, 0.05) is 6.54 Å². The molecule has 0 saturated carbocycles. The van der Waals surface area contributed by atoms with Crippen molar-refractivity contribution in [2.24, 2.45) is 0 Å². The van der Waals surface area contributed by atoms with Crippen LogP contribution >= 0.6 is 0 Å². The highest BCUT2D eigenvalue weighted by atomic mass is 19.4. The molecule has 1 aromatic rings. The lowest BCUT2D eigenvalue weighted by atomic mass is 10.1. The highest BCUT2D eigenvalue weighted by molar-refractivity contribution is 5.27. The van der Waals surface area contributed by atoms with Gasteiger partial charge >= 0.3 is 6.18 Å². The maximum Gasteiger partial charge on any atom is 0.416 e. The molecule has 1 rings (SSSR count). The number of halogens is 3. The van der Waals surface area contributed by atoms with E-state index in [-0.39, 0.29) is 5.56 Å². The summed E-state index contributed by atoms with van der Waals surface area (Å²) in [6.07, 6.45) is -5.27. The number of hydrogen-bond donors (Lipinski definition) is 1. The van der Waals surface area contributed by atoms with Gasteiger partial charge in [0.05, 0.1) is 11.7 Å². The Bertz CT molecular complexity index is 349. The summed E-state index contributed by atoms with van der Waals surface area (Å²) in [4.78, 5) is 1.71. The second kappa shape index (κ2) is 4.84. The van der Waals surface area contributed by atoms with Crippen molar-refractivity contribution in [1.82, 2.24) is 4.90 Å². The zero-order valence-electron chi connectivity index (χ0n) is 9.12. The second-order valence-corrected chi connectivity index (χ2v) is 3.90. The average Bonchev–Trinajstić information content (AvgIpc) is 2.15. The number of alkyl halides is 3. The Morgan fingerprint density at radius 2 is 1.94 bits per heavy atom. The summed E-state index contributed by atoms with van der Waals surface area (Å²) in [5.41, 5.74) is -0.452. The molecule has 1 atom stereocenters. The van der Waals surface area contributed by atoms with E-state index in [1.165, 1.54) is 12.1 Å². The quantitative estimate of drug-likeness (QED) is 0.865. The van der Waals surface area contributed by atoms with E-state index in [4.69, 9.17) is 0 Å². The monoisotopic (exact) mass is 233 g/mol. The first kappa shape index (κ1) is 13.0. The van der Waals surface area contributed by atoms with Gasteiger partial charge in [0.1, 0.15) is 0 Å². The van der Waals surface area contributed by atoms with Crippen LogP contribution in [0.5, 0.6) is 0 Å². The average molecular weight is 233 g/mol. The molecule has 5 heteroatoms. The van der Waals surface area contributed by atoms with Gasteiger partial charge in [-0.05, 0) is 31.8 Å². The second-order valence-electron chi connectivity index (χ2n) is 3.90. The summed E-state index contributed by atoms with van der Waals surface area (Å²) >= 11 is 0. The minimum Gasteiger partial charge on any atom is -0.387 e. The van der Waals surface area contributed by atoms with Gasteiger partial charge < -0.3 is 10.0 Å². The molecule has 0 aliphatic rings. The van der Waals surface area contributed by atoms with Crippen molar-refractivity contribution < 1.29 is 18.3 Å². The molecular formula is C11H14F3NO. The van der Waals surface area contributed by atoms with Crippen molar-refractivity contribution in [3.63, 3.8) is 0 Å². The van der Waals surface area contributed by atoms with E-state index in [0.717, 1.165) is 12.1 Å². The van der Waals surface area contributed by atoms with Crippen LogP contribution in [0.1, 0.15) is 17.2 Å². The molecule has 0 fully saturated rings. The number of likely N-dealkylation sites (N-methyl/N-ethyl adjacent to an activating group) is 1. The lowest BCUT2D eigenvalue weighted by Gasteiger charge is -2.17. The van der Waals surface area contributed by atoms with Crippen molar-refractivity contribution >= 4 is 0 Å². The number of nitrogens with zero attached hydrogens (tertiary/aromatic N) is 1. The molecule has 0 aliphatic heterocycles. The molecule has 16 heavy (non-hydrogen) atoms. The largest absolute Gasteiger partial charge is 0.416 e. The fraction of sp³-hybridized carbons (Fsp3) is 0.455. The third-order valence-electron chi connectivity index (χ3n) is 2.14. The Hall–Kier alpha value is -1.07. The fourth-order valence-electron chi connectivity index (χ4n) is 1.37. The molecule has 2 nitrogen and oxygen atoms in total. The summed E-state index contributed by atoms with van der Waals surface area (Å²) in [5, 5.41) is 9.67. The minimum atomic E-state index is -4.37. The first-order valence-electron chi connectivity index (χ1n) is 4.80. The summed E-state index contributed by atoms with van der Waals surface area (Å²) in [5.74, 6) is 0. The Morgan fingerprint density at radius 3 is 2.44 bits per heavy atom. The van der Waals surface area contributed by atoms with Crippen molar-refractivity contribution in [2.75, 3.05) is 20.6 Å². The van der Waals surface area contributed by atoms with Crippen LogP contribution in [0.3, 0.4) is 0 Å². The topological polar surface area (TPSA) is 23.5 Å². The molecule has 0 saturated heterocycles. The molecule has 0 aromatic heterocycles. The maximum absolute atomic E-state index is 12.4. The van der Waals surface area contributed by atoms with Crippen LogP contribution in [-0.2, 0) is 6.18 Å². The van der Waals surface area contributed by atoms with E-state index in [1.807, 2.05) is 0 Å². The predicted molar refractivity (Wildman–Crippen MR) is 55.0 cm³/mol. The van der Waals surface area contributed by atoms with Crippen LogP contribution in [0, 0.1) is 0 Å². The summed E-state index contributed by atoms with van der Waals surface area (Å²) in [7, 11) is 3.49. The van der Waals surface area contributed by atoms with Crippen molar-refractivity contribution in [2.45, 2.75) is 12.3 Å². The van der Waals surface area contributed by atoms with Gasteiger partial charge in [0.15, 0.2) is 0 Å². The van der Waals surface area contributed by atoms with Gasteiger partial charge in [-0.25, -0.2) is 0 Å². The van der Waals surface area contributed by atoms with Crippen molar-refractivity contribution in [3.8, 4) is 0 Å². The molecule has 0 amide bonds. The van der Waals surface area contributed by atoms with E-state index < -0.39 is 17.8 Å². The van der Waals surface area contributed by atoms with Crippen LogP contribution in [0.25, 0.3) is 0 Å². The molecule has 0 spiro atoms. The summed E-state index contributed by atoms with van der Waals surface area (Å²) in [6.45, 7) is 0.293. The van der Waals surface area contributed by atoms with Gasteiger partial charge in [-0.2, -0.15) is 13.2 Å². The lowest BCUT2D eigenvalue weighted by molar-refractivity contribution is -0.137. The number of rotatable bonds is 3. The molecule has 0 bridgehead atoms. The first-order valence-corrected chi connectivity index (χ1v) is 4.80. The van der Waals surface area contributed by atoms with Crippen LogP contribution in [0.15, 0.2) is 24.3 Å². The van der Waals surface area contributed by atoms with E-state index in [2.05, 4.69) is 0 Å². The van der Waals surface area contributed by atoms with E-state index in [1.54, 1.807) is 19.0 Å². The molecule has 0 heterocycles. The van der Waals surface area contributed by atoms with E-state index in [9.17, 15) is 18.3 Å². The molecule has 1 aromatic carbocycles. The van der Waals surface area contributed by atoms with Gasteiger partial charge in [-0.1, -0.05) is 12.1 Å². The fourth-order valence-corrected chi connectivity index (χ4v) is 1.37. The summed E-state index contributed by atoms with van der Waals surface area (Å²) < 4.78 is 37.2. The van der Waals surface area contributed by atoms with Crippen molar-refractivity contribution in [1.29, 1.82) is 0 Å². The molecule has 90 valence electrons. The Balaban J connectivity index is 2.90. The third-order valence-corrected chi connectivity index (χ3v) is 2.14. The Morgan fingerprint density at radius 1 is 1.31 bits per heavy atom. The minimum absolute atomic E-state index is 0.281. The van der Waals surface area contributed by atoms with Gasteiger partial charge in [-0.3, -0.25) is 0 Å². The van der Waals surface area contributed by atoms with Gasteiger partial charge in [-0.15, -0.1) is 0 Å². The normalized spacial score (nSPS) is 14.2. The standard InChI is InChI=1S/C11H14F3NO/c1-15(2)7-10(16)8-4-3-5-9(6-8)11(12,13)14/h3-6,10,16H,7H2,1-2H3. The van der Waals surface area contributed by atoms with Crippen LogP contribution in [0.4, 0.5) is 13.2 Å². The highest BCUT2D eigenvalue weighted by Crippen LogP contribution is 2.30. The zero-order valence-corrected chi connectivity index (χ0v) is 9.12. The van der Waals surface area contributed by atoms with Crippen LogP contribution in [0.2, 0.25) is 0 Å². The SMILES string of the molecule is CN(C)CC(O)c1cccc(C(F)(F)F)c1. The zero-order chi connectivity index (χ0) is 12.3. The number of aliphatic hydroxyl groups is 1. The summed E-state index contributed by atoms with van der Waals surface area (Å²) in [6, 6.07) is 4.76. The van der Waals surface area contributed by atoms with Gasteiger partial charge in [0.2, 0.25) is 0 Å². The van der Waals surface area contributed by atoms with Crippen molar-refractivity contribution in [3.05, 3.63) is 35.4 Å². The third kappa shape index (κ3) is 3.50. The van der Waals surface area contributed by atoms with Crippen LogP contribution in [-0.4, -0.2) is 30.6 Å². The van der Waals surface area contributed by atoms with Crippen LogP contribution < -0.4 is 0 Å². The predicted octanol–water partition coefficient (Wildman–Crippen LogP) is 2.30. The smallest absolute Gasteiger partial charge is 0.387 e. The maximum atomic E-state index is 12.4.